The smallest absolute Gasteiger partial charge is 0.242 e. The average Bonchev–Trinajstić information content (AvgIpc) is 2.68. The lowest BCUT2D eigenvalue weighted by molar-refractivity contribution is -0.120. The first-order chi connectivity index (χ1) is 13.5. The van der Waals surface area contributed by atoms with E-state index in [1.54, 1.807) is 12.1 Å². The SMILES string of the molecule is O=C(CCNS(=O)(=O)c1ccccc1Cl)NCCCOCCc1ccccc1. The molecule has 0 saturated heterocycles. The quantitative estimate of drug-likeness (QED) is 0.513. The molecule has 0 aliphatic rings. The number of hydrogen-bond acceptors (Lipinski definition) is 4. The highest BCUT2D eigenvalue weighted by Crippen LogP contribution is 2.19. The topological polar surface area (TPSA) is 84.5 Å². The fourth-order valence-electron chi connectivity index (χ4n) is 2.47. The van der Waals surface area contributed by atoms with E-state index in [0.717, 1.165) is 6.42 Å². The van der Waals surface area contributed by atoms with E-state index in [1.165, 1.54) is 17.7 Å². The number of carbonyl (C=O) groups excluding carboxylic acids is 1. The van der Waals surface area contributed by atoms with Gasteiger partial charge < -0.3 is 10.1 Å². The van der Waals surface area contributed by atoms with Gasteiger partial charge >= 0.3 is 0 Å². The van der Waals surface area contributed by atoms with Crippen molar-refractivity contribution in [1.29, 1.82) is 0 Å². The van der Waals surface area contributed by atoms with E-state index in [4.69, 9.17) is 16.3 Å². The van der Waals surface area contributed by atoms with Crippen LogP contribution >= 0.6 is 11.6 Å². The molecule has 152 valence electrons. The molecule has 0 bridgehead atoms. The van der Waals surface area contributed by atoms with Gasteiger partial charge in [0.1, 0.15) is 4.90 Å². The summed E-state index contributed by atoms with van der Waals surface area (Å²) >= 11 is 5.90. The third-order valence-electron chi connectivity index (χ3n) is 3.94. The number of nitrogens with one attached hydrogen (secondary N) is 2. The summed E-state index contributed by atoms with van der Waals surface area (Å²) in [6.07, 6.45) is 1.61. The van der Waals surface area contributed by atoms with Gasteiger partial charge in [-0.3, -0.25) is 4.79 Å². The molecule has 28 heavy (non-hydrogen) atoms. The van der Waals surface area contributed by atoms with Crippen molar-refractivity contribution in [2.75, 3.05) is 26.3 Å². The molecule has 0 unspecified atom stereocenters. The standard InChI is InChI=1S/C20H25ClN2O4S/c21-18-9-4-5-10-19(18)28(25,26)23-14-11-20(24)22-13-6-15-27-16-12-17-7-2-1-3-8-17/h1-5,7-10,23H,6,11-16H2,(H,22,24). The van der Waals surface area contributed by atoms with Gasteiger partial charge in [-0.25, -0.2) is 13.1 Å². The third kappa shape index (κ3) is 7.98. The zero-order chi connectivity index (χ0) is 20.2. The number of ether oxygens (including phenoxy) is 1. The summed E-state index contributed by atoms with van der Waals surface area (Å²) in [4.78, 5) is 11.8. The summed E-state index contributed by atoms with van der Waals surface area (Å²) in [7, 11) is -3.73. The molecular weight excluding hydrogens is 400 g/mol. The highest BCUT2D eigenvalue weighted by Gasteiger charge is 2.17. The fourth-order valence-corrected chi connectivity index (χ4v) is 4.02. The highest BCUT2D eigenvalue weighted by molar-refractivity contribution is 7.89. The van der Waals surface area contributed by atoms with Gasteiger partial charge in [0.2, 0.25) is 15.9 Å². The Labute approximate surface area is 171 Å². The Morgan fingerprint density at radius 3 is 2.43 bits per heavy atom. The van der Waals surface area contributed by atoms with Gasteiger partial charge in [-0.2, -0.15) is 0 Å². The number of amides is 1. The predicted octanol–water partition coefficient (Wildman–Crippen LogP) is 2.77. The van der Waals surface area contributed by atoms with Crippen molar-refractivity contribution in [3.63, 3.8) is 0 Å². The average molecular weight is 425 g/mol. The van der Waals surface area contributed by atoms with Gasteiger partial charge in [-0.1, -0.05) is 54.1 Å². The van der Waals surface area contributed by atoms with E-state index in [1.807, 2.05) is 18.2 Å². The van der Waals surface area contributed by atoms with E-state index in [0.29, 0.717) is 26.2 Å². The number of hydrogen-bond donors (Lipinski definition) is 2. The van der Waals surface area contributed by atoms with Crippen molar-refractivity contribution < 1.29 is 17.9 Å². The molecule has 0 atom stereocenters. The van der Waals surface area contributed by atoms with Gasteiger partial charge in [0.25, 0.3) is 0 Å². The maximum atomic E-state index is 12.2. The first kappa shape index (κ1) is 22.4. The van der Waals surface area contributed by atoms with Gasteiger partial charge in [0.05, 0.1) is 11.6 Å². The molecule has 0 spiro atoms. The first-order valence-electron chi connectivity index (χ1n) is 9.11. The Morgan fingerprint density at radius 2 is 1.68 bits per heavy atom. The molecule has 0 aliphatic heterocycles. The van der Waals surface area contributed by atoms with Gasteiger partial charge in [0, 0.05) is 26.1 Å². The van der Waals surface area contributed by atoms with E-state index in [-0.39, 0.29) is 28.8 Å². The second-order valence-corrected chi connectivity index (χ2v) is 8.27. The van der Waals surface area contributed by atoms with Crippen LogP contribution in [0, 0.1) is 0 Å². The van der Waals surface area contributed by atoms with Crippen molar-refractivity contribution in [2.45, 2.75) is 24.2 Å². The van der Waals surface area contributed by atoms with E-state index in [9.17, 15) is 13.2 Å². The first-order valence-corrected chi connectivity index (χ1v) is 11.0. The van der Waals surface area contributed by atoms with Crippen molar-refractivity contribution >= 4 is 27.5 Å². The summed E-state index contributed by atoms with van der Waals surface area (Å²) in [6.45, 7) is 1.70. The summed E-state index contributed by atoms with van der Waals surface area (Å²) in [6, 6.07) is 16.3. The zero-order valence-corrected chi connectivity index (χ0v) is 17.1. The number of rotatable bonds is 12. The number of benzene rings is 2. The Bertz CT molecular complexity index is 844. The predicted molar refractivity (Wildman–Crippen MR) is 110 cm³/mol. The molecule has 0 radical (unpaired) electrons. The summed E-state index contributed by atoms with van der Waals surface area (Å²) in [5.41, 5.74) is 1.23. The van der Waals surface area contributed by atoms with Crippen LogP contribution in [0.25, 0.3) is 0 Å². The lowest BCUT2D eigenvalue weighted by atomic mass is 10.2. The molecule has 0 aliphatic carbocycles. The van der Waals surface area contributed by atoms with Gasteiger partial charge in [-0.05, 0) is 30.5 Å². The molecule has 2 N–H and O–H groups in total. The van der Waals surface area contributed by atoms with Crippen LogP contribution in [-0.2, 0) is 26.0 Å². The summed E-state index contributed by atoms with van der Waals surface area (Å²) in [5, 5.41) is 2.89. The maximum Gasteiger partial charge on any atom is 0.242 e. The Kier molecular flexibility index (Phi) is 9.43. The molecule has 0 saturated carbocycles. The molecule has 0 heterocycles. The molecule has 2 rings (SSSR count). The van der Waals surface area contributed by atoms with Crippen molar-refractivity contribution in [1.82, 2.24) is 10.0 Å². The van der Waals surface area contributed by atoms with Crippen molar-refractivity contribution in [3.05, 3.63) is 65.2 Å². The minimum atomic E-state index is -3.73. The van der Waals surface area contributed by atoms with Crippen LogP contribution in [0.5, 0.6) is 0 Å². The monoisotopic (exact) mass is 424 g/mol. The van der Waals surface area contributed by atoms with E-state index >= 15 is 0 Å². The van der Waals surface area contributed by atoms with Crippen molar-refractivity contribution in [2.24, 2.45) is 0 Å². The van der Waals surface area contributed by atoms with Gasteiger partial charge in [0.15, 0.2) is 0 Å². The van der Waals surface area contributed by atoms with Crippen LogP contribution in [0.4, 0.5) is 0 Å². The Hall–Kier alpha value is -1.93. The largest absolute Gasteiger partial charge is 0.381 e. The second-order valence-electron chi connectivity index (χ2n) is 6.13. The molecular formula is C20H25ClN2O4S. The Balaban J connectivity index is 1.54. The molecule has 2 aromatic rings. The molecule has 1 amide bonds. The second kappa shape index (κ2) is 11.8. The normalized spacial score (nSPS) is 11.3. The van der Waals surface area contributed by atoms with Gasteiger partial charge in [-0.15, -0.1) is 0 Å². The number of halogens is 1. The molecule has 8 heteroatoms. The van der Waals surface area contributed by atoms with Crippen LogP contribution in [0.1, 0.15) is 18.4 Å². The van der Waals surface area contributed by atoms with Crippen LogP contribution in [0.15, 0.2) is 59.5 Å². The third-order valence-corrected chi connectivity index (χ3v) is 5.90. The molecule has 6 nitrogen and oxygen atoms in total. The van der Waals surface area contributed by atoms with Crippen LogP contribution in [-0.4, -0.2) is 40.6 Å². The molecule has 0 aromatic heterocycles. The number of sulfonamides is 1. The summed E-state index contributed by atoms with van der Waals surface area (Å²) in [5.74, 6) is -0.217. The van der Waals surface area contributed by atoms with Crippen molar-refractivity contribution in [3.8, 4) is 0 Å². The van der Waals surface area contributed by atoms with Crippen LogP contribution in [0.3, 0.4) is 0 Å². The van der Waals surface area contributed by atoms with Crippen LogP contribution in [0.2, 0.25) is 5.02 Å². The lowest BCUT2D eigenvalue weighted by Crippen LogP contribution is -2.31. The maximum absolute atomic E-state index is 12.2. The van der Waals surface area contributed by atoms with E-state index in [2.05, 4.69) is 22.2 Å². The lowest BCUT2D eigenvalue weighted by Gasteiger charge is -2.09. The minimum Gasteiger partial charge on any atom is -0.381 e. The van der Waals surface area contributed by atoms with E-state index < -0.39 is 10.0 Å². The van der Waals surface area contributed by atoms with Crippen LogP contribution < -0.4 is 10.0 Å². The minimum absolute atomic E-state index is 0.00438. The fraction of sp³-hybridized carbons (Fsp3) is 0.350. The Morgan fingerprint density at radius 1 is 0.964 bits per heavy atom. The summed E-state index contributed by atoms with van der Waals surface area (Å²) < 4.78 is 32.2. The zero-order valence-electron chi connectivity index (χ0n) is 15.6. The number of carbonyl (C=O) groups is 1. The molecule has 0 fully saturated rings. The molecule has 2 aromatic carbocycles. The highest BCUT2D eigenvalue weighted by atomic mass is 35.5.